The van der Waals surface area contributed by atoms with E-state index >= 15 is 0 Å². The average molecular weight is 525 g/mol. The van der Waals surface area contributed by atoms with Gasteiger partial charge in [-0.1, -0.05) is 4.90 Å². The summed E-state index contributed by atoms with van der Waals surface area (Å²) in [5.41, 5.74) is 0. The fraction of sp³-hybridized carbons (Fsp3) is 0.900. The molecule has 0 aromatic heterocycles. The van der Waals surface area contributed by atoms with E-state index in [-0.39, 0.29) is 0 Å². The molecule has 0 aliphatic carbocycles. The Labute approximate surface area is 160 Å². The van der Waals surface area contributed by atoms with Crippen LogP contribution in [-0.4, -0.2) is 65.6 Å². The molecule has 1 unspecified atom stereocenters. The Bertz CT molecular complexity index is 720. The van der Waals surface area contributed by atoms with Crippen LogP contribution >= 0.6 is 0 Å². The van der Waals surface area contributed by atoms with E-state index in [1.807, 2.05) is 0 Å². The zero-order valence-electron chi connectivity index (χ0n) is 13.6. The van der Waals surface area contributed by atoms with Crippen LogP contribution in [0.1, 0.15) is 0 Å². The average Bonchev–Trinajstić information content (AvgIpc) is 2.49. The third-order valence-electron chi connectivity index (χ3n) is 3.36. The SMILES string of the molecule is O=CC(F)(OC(F)(F)C(F)(F)C(F)(F)N1C(F)(F)C(F)(F)OC(F)(F)C1(F)F)C(F)(F)F. The van der Waals surface area contributed by atoms with Crippen molar-refractivity contribution in [1.82, 2.24) is 4.90 Å². The van der Waals surface area contributed by atoms with Crippen molar-refractivity contribution < 1.29 is 93.3 Å². The van der Waals surface area contributed by atoms with Crippen molar-refractivity contribution in [2.45, 2.75) is 54.4 Å². The van der Waals surface area contributed by atoms with Crippen LogP contribution in [0.15, 0.2) is 0 Å². The Balaban J connectivity index is 3.74. The van der Waals surface area contributed by atoms with E-state index in [9.17, 15) is 83.8 Å². The molecule has 1 aliphatic rings. The lowest BCUT2D eigenvalue weighted by atomic mass is 10.1. The summed E-state index contributed by atoms with van der Waals surface area (Å²) >= 11 is 0. The van der Waals surface area contributed by atoms with Crippen LogP contribution in [-0.2, 0) is 14.3 Å². The molecule has 190 valence electrons. The molecule has 0 spiro atoms. The minimum Gasteiger partial charge on any atom is -0.297 e. The van der Waals surface area contributed by atoms with Gasteiger partial charge in [-0.15, -0.1) is 0 Å². The third kappa shape index (κ3) is 3.62. The Morgan fingerprint density at radius 3 is 1.31 bits per heavy atom. The number of nitrogens with zero attached hydrogens (tertiary/aromatic N) is 1. The first-order chi connectivity index (χ1) is 13.6. The second kappa shape index (κ2) is 6.90. The maximum atomic E-state index is 13.7. The number of ether oxygens (including phenoxy) is 2. The first-order valence-corrected chi connectivity index (χ1v) is 6.66. The highest BCUT2D eigenvalue weighted by molar-refractivity contribution is 5.61. The second-order valence-electron chi connectivity index (χ2n) is 5.55. The van der Waals surface area contributed by atoms with Crippen molar-refractivity contribution in [3.8, 4) is 0 Å². The molecular formula is C10HF18NO3. The third-order valence-corrected chi connectivity index (χ3v) is 3.36. The molecule has 4 nitrogen and oxygen atoms in total. The molecule has 1 saturated heterocycles. The van der Waals surface area contributed by atoms with Crippen LogP contribution < -0.4 is 0 Å². The summed E-state index contributed by atoms with van der Waals surface area (Å²) < 4.78 is 238. The summed E-state index contributed by atoms with van der Waals surface area (Å²) in [6.07, 6.45) is -31.9. The van der Waals surface area contributed by atoms with Gasteiger partial charge in [0.1, 0.15) is 0 Å². The molecule has 0 bridgehead atoms. The van der Waals surface area contributed by atoms with Gasteiger partial charge in [0.05, 0.1) is 0 Å². The molecule has 22 heteroatoms. The molecule has 0 N–H and O–H groups in total. The number of aldehydes is 1. The highest BCUT2D eigenvalue weighted by Gasteiger charge is 2.92. The quantitative estimate of drug-likeness (QED) is 0.280. The highest BCUT2D eigenvalue weighted by Crippen LogP contribution is 2.62. The summed E-state index contributed by atoms with van der Waals surface area (Å²) in [4.78, 5) is 5.48. The predicted octanol–water partition coefficient (Wildman–Crippen LogP) is 4.95. The summed E-state index contributed by atoms with van der Waals surface area (Å²) in [5.74, 6) is -15.0. The lowest BCUT2D eigenvalue weighted by molar-refractivity contribution is -0.601. The summed E-state index contributed by atoms with van der Waals surface area (Å²) in [6.45, 7) is 0. The lowest BCUT2D eigenvalue weighted by Gasteiger charge is -2.50. The Hall–Kier alpha value is -1.71. The van der Waals surface area contributed by atoms with Crippen LogP contribution in [0, 0.1) is 0 Å². The molecule has 0 saturated carbocycles. The molecule has 0 amide bonds. The minimum absolute atomic E-state index is 1.58. The van der Waals surface area contributed by atoms with E-state index in [0.717, 1.165) is 0 Å². The standard InChI is InChI=1S/C10HF18NO3/c11-2(1-30,4(14,15)16)31-8(23,24)3(12,13)5(17,18)29-6(19,20)9(25,26)32-10(27,28)7(29,21)22/h1H. The highest BCUT2D eigenvalue weighted by atomic mass is 19.4. The molecule has 1 rings (SSSR count). The summed E-state index contributed by atoms with van der Waals surface area (Å²) in [7, 11) is 0. The molecular weight excluding hydrogens is 524 g/mol. The van der Waals surface area contributed by atoms with Crippen LogP contribution in [0.2, 0.25) is 0 Å². The number of hydrogen-bond donors (Lipinski definition) is 0. The van der Waals surface area contributed by atoms with Gasteiger partial charge >= 0.3 is 54.4 Å². The fourth-order valence-corrected chi connectivity index (χ4v) is 1.79. The largest absolute Gasteiger partial charge is 0.456 e. The van der Waals surface area contributed by atoms with Gasteiger partial charge in [0, 0.05) is 0 Å². The van der Waals surface area contributed by atoms with Gasteiger partial charge in [-0.3, -0.25) is 9.53 Å². The van der Waals surface area contributed by atoms with E-state index in [2.05, 4.69) is 0 Å². The number of alkyl halides is 18. The van der Waals surface area contributed by atoms with Crippen LogP contribution in [0.4, 0.5) is 79.0 Å². The molecule has 0 radical (unpaired) electrons. The number of halogens is 18. The van der Waals surface area contributed by atoms with Gasteiger partial charge in [0.15, 0.2) is 6.29 Å². The first kappa shape index (κ1) is 28.3. The molecule has 1 aliphatic heterocycles. The van der Waals surface area contributed by atoms with Crippen molar-refractivity contribution in [2.75, 3.05) is 0 Å². The molecule has 1 heterocycles. The van der Waals surface area contributed by atoms with Crippen molar-refractivity contribution in [3.05, 3.63) is 0 Å². The smallest absolute Gasteiger partial charge is 0.297 e. The number of morpholine rings is 1. The molecule has 1 atom stereocenters. The molecule has 0 aromatic rings. The van der Waals surface area contributed by atoms with Crippen molar-refractivity contribution in [3.63, 3.8) is 0 Å². The second-order valence-corrected chi connectivity index (χ2v) is 5.55. The minimum atomic E-state index is -8.39. The van der Waals surface area contributed by atoms with Crippen LogP contribution in [0.5, 0.6) is 0 Å². The van der Waals surface area contributed by atoms with E-state index in [1.165, 1.54) is 0 Å². The molecule has 0 aromatic carbocycles. The zero-order chi connectivity index (χ0) is 26.2. The Morgan fingerprint density at radius 2 is 1.03 bits per heavy atom. The monoisotopic (exact) mass is 525 g/mol. The van der Waals surface area contributed by atoms with Gasteiger partial charge in [0.2, 0.25) is 0 Å². The zero-order valence-corrected chi connectivity index (χ0v) is 13.6. The molecule has 32 heavy (non-hydrogen) atoms. The topological polar surface area (TPSA) is 38.8 Å². The van der Waals surface area contributed by atoms with Gasteiger partial charge in [0.25, 0.3) is 0 Å². The van der Waals surface area contributed by atoms with E-state index in [4.69, 9.17) is 0 Å². The summed E-state index contributed by atoms with van der Waals surface area (Å²) in [5, 5.41) is 0. The van der Waals surface area contributed by atoms with Crippen molar-refractivity contribution >= 4 is 6.29 Å². The van der Waals surface area contributed by atoms with Crippen LogP contribution in [0.25, 0.3) is 0 Å². The molecule has 1 fully saturated rings. The normalized spacial score (nSPS) is 25.8. The van der Waals surface area contributed by atoms with Crippen LogP contribution in [0.3, 0.4) is 0 Å². The Morgan fingerprint density at radius 1 is 0.688 bits per heavy atom. The van der Waals surface area contributed by atoms with E-state index < -0.39 is 65.6 Å². The van der Waals surface area contributed by atoms with Crippen molar-refractivity contribution in [1.29, 1.82) is 0 Å². The van der Waals surface area contributed by atoms with E-state index in [1.54, 1.807) is 9.47 Å². The van der Waals surface area contributed by atoms with Gasteiger partial charge < -0.3 is 0 Å². The fourth-order valence-electron chi connectivity index (χ4n) is 1.79. The first-order valence-electron chi connectivity index (χ1n) is 6.66. The maximum absolute atomic E-state index is 13.7. The van der Waals surface area contributed by atoms with Gasteiger partial charge in [-0.25, -0.2) is 4.74 Å². The Kier molecular flexibility index (Phi) is 6.11. The van der Waals surface area contributed by atoms with E-state index in [0.29, 0.717) is 0 Å². The summed E-state index contributed by atoms with van der Waals surface area (Å²) in [6, 6.07) is -23.8. The van der Waals surface area contributed by atoms with Gasteiger partial charge in [-0.2, -0.15) is 79.0 Å². The maximum Gasteiger partial charge on any atom is 0.456 e. The number of rotatable bonds is 6. The number of carbonyl (C=O) groups is 1. The van der Waals surface area contributed by atoms with Gasteiger partial charge in [-0.05, 0) is 0 Å². The number of carbonyl (C=O) groups excluding carboxylic acids is 1. The predicted molar refractivity (Wildman–Crippen MR) is 54.6 cm³/mol. The van der Waals surface area contributed by atoms with Crippen molar-refractivity contribution in [2.24, 2.45) is 0 Å². The lowest BCUT2D eigenvalue weighted by Crippen LogP contribution is -2.81. The number of hydrogen-bond acceptors (Lipinski definition) is 4.